The van der Waals surface area contributed by atoms with Gasteiger partial charge >= 0.3 is 5.97 Å². The van der Waals surface area contributed by atoms with E-state index in [1.165, 1.54) is 64.2 Å². The number of hydrogen-bond donors (Lipinski definition) is 0. The van der Waals surface area contributed by atoms with Crippen LogP contribution in [0.1, 0.15) is 84.0 Å². The molecule has 24 heavy (non-hydrogen) atoms. The monoisotopic (exact) mass is 336 g/mol. The molecular formula is C21H36O3. The van der Waals surface area contributed by atoms with Gasteiger partial charge in [-0.25, -0.2) is 4.79 Å². The highest BCUT2D eigenvalue weighted by atomic mass is 16.6. The molecular weight excluding hydrogens is 300 g/mol. The quantitative estimate of drug-likeness (QED) is 0.156. The van der Waals surface area contributed by atoms with Crippen molar-refractivity contribution in [2.75, 3.05) is 6.61 Å². The summed E-state index contributed by atoms with van der Waals surface area (Å²) in [5, 5.41) is 0. The number of carbonyl (C=O) groups is 1. The van der Waals surface area contributed by atoms with Gasteiger partial charge in [-0.1, -0.05) is 76.7 Å². The Morgan fingerprint density at radius 1 is 1.00 bits per heavy atom. The highest BCUT2D eigenvalue weighted by Gasteiger charge is 2.45. The van der Waals surface area contributed by atoms with E-state index >= 15 is 0 Å². The second kappa shape index (κ2) is 14.3. The molecule has 1 heterocycles. The van der Waals surface area contributed by atoms with E-state index in [0.717, 1.165) is 12.8 Å². The SMILES string of the molecule is C=CCOC(=O)C1OC1CCCCCC=CCCCCCCCC. The zero-order chi connectivity index (χ0) is 17.5. The number of rotatable bonds is 16. The maximum Gasteiger partial charge on any atom is 0.338 e. The largest absolute Gasteiger partial charge is 0.459 e. The second-order valence-corrected chi connectivity index (χ2v) is 6.68. The van der Waals surface area contributed by atoms with Gasteiger partial charge in [-0.3, -0.25) is 0 Å². The van der Waals surface area contributed by atoms with Gasteiger partial charge in [0, 0.05) is 0 Å². The van der Waals surface area contributed by atoms with Crippen molar-refractivity contribution in [1.29, 1.82) is 0 Å². The van der Waals surface area contributed by atoms with Crippen molar-refractivity contribution in [3.8, 4) is 0 Å². The summed E-state index contributed by atoms with van der Waals surface area (Å²) in [6.07, 6.45) is 21.2. The molecule has 0 saturated carbocycles. The second-order valence-electron chi connectivity index (χ2n) is 6.68. The number of carbonyl (C=O) groups excluding carboxylic acids is 1. The van der Waals surface area contributed by atoms with Crippen molar-refractivity contribution < 1.29 is 14.3 Å². The summed E-state index contributed by atoms with van der Waals surface area (Å²) in [4.78, 5) is 11.5. The van der Waals surface area contributed by atoms with Crippen LogP contribution in [0.5, 0.6) is 0 Å². The van der Waals surface area contributed by atoms with Gasteiger partial charge in [0.1, 0.15) is 6.61 Å². The predicted molar refractivity (Wildman–Crippen MR) is 100 cm³/mol. The van der Waals surface area contributed by atoms with E-state index in [0.29, 0.717) is 0 Å². The molecule has 2 unspecified atom stereocenters. The Hall–Kier alpha value is -1.09. The Morgan fingerprint density at radius 2 is 1.62 bits per heavy atom. The first-order chi connectivity index (χ1) is 11.8. The molecule has 2 atom stereocenters. The normalized spacial score (nSPS) is 19.5. The number of ether oxygens (including phenoxy) is 2. The van der Waals surface area contributed by atoms with Crippen molar-refractivity contribution in [2.45, 2.75) is 96.2 Å². The van der Waals surface area contributed by atoms with Crippen LogP contribution in [0.15, 0.2) is 24.8 Å². The molecule has 1 saturated heterocycles. The van der Waals surface area contributed by atoms with E-state index in [2.05, 4.69) is 25.7 Å². The summed E-state index contributed by atoms with van der Waals surface area (Å²) < 4.78 is 10.3. The molecule has 3 nitrogen and oxygen atoms in total. The zero-order valence-corrected chi connectivity index (χ0v) is 15.5. The number of allylic oxidation sites excluding steroid dienone is 2. The van der Waals surface area contributed by atoms with Gasteiger partial charge in [-0.05, 0) is 32.1 Å². The molecule has 0 aromatic heterocycles. The highest BCUT2D eigenvalue weighted by Crippen LogP contribution is 2.28. The lowest BCUT2D eigenvalue weighted by molar-refractivity contribution is -0.143. The predicted octanol–water partition coefficient (Wildman–Crippen LogP) is 5.74. The van der Waals surface area contributed by atoms with Crippen molar-refractivity contribution in [2.24, 2.45) is 0 Å². The average molecular weight is 337 g/mol. The van der Waals surface area contributed by atoms with Crippen LogP contribution in [0, 0.1) is 0 Å². The molecule has 0 aromatic carbocycles. The number of unbranched alkanes of at least 4 members (excludes halogenated alkanes) is 9. The molecule has 1 aliphatic rings. The van der Waals surface area contributed by atoms with Crippen molar-refractivity contribution in [1.82, 2.24) is 0 Å². The van der Waals surface area contributed by atoms with Gasteiger partial charge in [0.2, 0.25) is 0 Å². The van der Waals surface area contributed by atoms with Crippen LogP contribution >= 0.6 is 0 Å². The summed E-state index contributed by atoms with van der Waals surface area (Å²) in [7, 11) is 0. The van der Waals surface area contributed by atoms with E-state index in [9.17, 15) is 4.79 Å². The summed E-state index contributed by atoms with van der Waals surface area (Å²) >= 11 is 0. The maximum atomic E-state index is 11.5. The maximum absolute atomic E-state index is 11.5. The van der Waals surface area contributed by atoms with E-state index in [-0.39, 0.29) is 24.8 Å². The van der Waals surface area contributed by atoms with Gasteiger partial charge in [0.25, 0.3) is 0 Å². The van der Waals surface area contributed by atoms with Gasteiger partial charge < -0.3 is 9.47 Å². The third-order valence-corrected chi connectivity index (χ3v) is 4.41. The first-order valence-electron chi connectivity index (χ1n) is 9.87. The first kappa shape index (κ1) is 21.0. The number of hydrogen-bond acceptors (Lipinski definition) is 3. The molecule has 3 heteroatoms. The molecule has 0 aromatic rings. The van der Waals surface area contributed by atoms with Crippen LogP contribution in [0.25, 0.3) is 0 Å². The fourth-order valence-electron chi connectivity index (χ4n) is 2.86. The summed E-state index contributed by atoms with van der Waals surface area (Å²) in [6, 6.07) is 0. The lowest BCUT2D eigenvalue weighted by Gasteiger charge is -1.99. The number of esters is 1. The average Bonchev–Trinajstić information content (AvgIpc) is 3.36. The van der Waals surface area contributed by atoms with Crippen LogP contribution in [0.3, 0.4) is 0 Å². The standard InChI is InChI=1S/C21H36O3/c1-3-5-6-7-8-9-10-11-12-13-14-15-16-17-19-20(24-19)21(22)23-18-4-2/h4,11-12,19-20H,2-3,5-10,13-18H2,1H3. The van der Waals surface area contributed by atoms with Gasteiger partial charge in [-0.2, -0.15) is 0 Å². The molecule has 1 rings (SSSR count). The molecule has 0 aliphatic carbocycles. The fraction of sp³-hybridized carbons (Fsp3) is 0.762. The first-order valence-corrected chi connectivity index (χ1v) is 9.87. The highest BCUT2D eigenvalue weighted by molar-refractivity contribution is 5.78. The smallest absolute Gasteiger partial charge is 0.338 e. The minimum Gasteiger partial charge on any atom is -0.459 e. The molecule has 1 fully saturated rings. The van der Waals surface area contributed by atoms with E-state index < -0.39 is 0 Å². The topological polar surface area (TPSA) is 38.8 Å². The molecule has 1 aliphatic heterocycles. The van der Waals surface area contributed by atoms with Crippen LogP contribution < -0.4 is 0 Å². The molecule has 0 spiro atoms. The van der Waals surface area contributed by atoms with Crippen molar-refractivity contribution in [3.63, 3.8) is 0 Å². The summed E-state index contributed by atoms with van der Waals surface area (Å²) in [6.45, 7) is 6.06. The van der Waals surface area contributed by atoms with Gasteiger partial charge in [0.05, 0.1) is 6.10 Å². The van der Waals surface area contributed by atoms with Crippen molar-refractivity contribution in [3.05, 3.63) is 24.8 Å². The van der Waals surface area contributed by atoms with Crippen LogP contribution in [-0.2, 0) is 14.3 Å². The Morgan fingerprint density at radius 3 is 2.29 bits per heavy atom. The molecule has 0 N–H and O–H groups in total. The molecule has 0 bridgehead atoms. The van der Waals surface area contributed by atoms with E-state index in [1.807, 2.05) is 0 Å². The summed E-state index contributed by atoms with van der Waals surface area (Å²) in [5.41, 5.74) is 0. The molecule has 138 valence electrons. The Balaban J connectivity index is 1.82. The lowest BCUT2D eigenvalue weighted by Crippen LogP contribution is -2.14. The zero-order valence-electron chi connectivity index (χ0n) is 15.5. The van der Waals surface area contributed by atoms with Crippen LogP contribution in [0.2, 0.25) is 0 Å². The van der Waals surface area contributed by atoms with Gasteiger partial charge in [0.15, 0.2) is 6.10 Å². The van der Waals surface area contributed by atoms with E-state index in [4.69, 9.17) is 9.47 Å². The third-order valence-electron chi connectivity index (χ3n) is 4.41. The number of epoxide rings is 1. The minimum atomic E-state index is -0.317. The molecule has 0 radical (unpaired) electrons. The Kier molecular flexibility index (Phi) is 12.5. The van der Waals surface area contributed by atoms with Crippen LogP contribution in [0.4, 0.5) is 0 Å². The lowest BCUT2D eigenvalue weighted by atomic mass is 10.1. The van der Waals surface area contributed by atoms with Crippen molar-refractivity contribution >= 4 is 5.97 Å². The Labute approximate surface area is 148 Å². The summed E-state index contributed by atoms with van der Waals surface area (Å²) in [5.74, 6) is -0.238. The molecule has 0 amide bonds. The third kappa shape index (κ3) is 10.6. The minimum absolute atomic E-state index is 0.0885. The van der Waals surface area contributed by atoms with Gasteiger partial charge in [-0.15, -0.1) is 0 Å². The fourth-order valence-corrected chi connectivity index (χ4v) is 2.86. The van der Waals surface area contributed by atoms with E-state index in [1.54, 1.807) is 6.08 Å². The Bertz CT molecular complexity index is 362. The van der Waals surface area contributed by atoms with Crippen LogP contribution in [-0.4, -0.2) is 24.8 Å².